The van der Waals surface area contributed by atoms with E-state index in [1.165, 1.54) is 12.0 Å². The van der Waals surface area contributed by atoms with Gasteiger partial charge in [0.05, 0.1) is 6.61 Å². The topological polar surface area (TPSA) is 108 Å². The lowest BCUT2D eigenvalue weighted by Gasteiger charge is -2.24. The summed E-state index contributed by atoms with van der Waals surface area (Å²) in [4.78, 5) is 37.7. The molecular weight excluding hydrogens is 338 g/mol. The fourth-order valence-electron chi connectivity index (χ4n) is 3.17. The quantitative estimate of drug-likeness (QED) is 0.712. The average Bonchev–Trinajstić information content (AvgIpc) is 3.30. The highest BCUT2D eigenvalue weighted by Gasteiger charge is 2.46. The van der Waals surface area contributed by atoms with Crippen molar-refractivity contribution in [3.63, 3.8) is 0 Å². The molecule has 1 saturated heterocycles. The van der Waals surface area contributed by atoms with Gasteiger partial charge < -0.3 is 25.4 Å². The van der Waals surface area contributed by atoms with E-state index in [0.29, 0.717) is 24.2 Å². The van der Waals surface area contributed by atoms with Crippen LogP contribution in [0.2, 0.25) is 0 Å². The summed E-state index contributed by atoms with van der Waals surface area (Å²) in [7, 11) is 1.46. The summed E-state index contributed by atoms with van der Waals surface area (Å²) >= 11 is 0. The first-order valence-electron chi connectivity index (χ1n) is 8.63. The summed E-state index contributed by atoms with van der Waals surface area (Å²) < 4.78 is 5.05. The molecule has 8 nitrogen and oxygen atoms in total. The van der Waals surface area contributed by atoms with Crippen molar-refractivity contribution in [3.05, 3.63) is 29.8 Å². The molecule has 140 valence electrons. The minimum absolute atomic E-state index is 0.0645. The number of anilines is 1. The predicted molar refractivity (Wildman–Crippen MR) is 94.1 cm³/mol. The molecule has 1 aliphatic carbocycles. The fourth-order valence-corrected chi connectivity index (χ4v) is 3.17. The van der Waals surface area contributed by atoms with E-state index in [0.717, 1.165) is 12.8 Å². The zero-order valence-corrected chi connectivity index (χ0v) is 14.7. The van der Waals surface area contributed by atoms with E-state index in [9.17, 15) is 19.5 Å². The number of carboxylic acid groups (broad SMARTS) is 1. The molecule has 1 aromatic carbocycles. The number of urea groups is 1. The minimum atomic E-state index is -1.07. The van der Waals surface area contributed by atoms with Gasteiger partial charge in [-0.3, -0.25) is 9.59 Å². The molecule has 1 unspecified atom stereocenters. The largest absolute Gasteiger partial charge is 0.481 e. The number of nitrogens with zero attached hydrogens (tertiary/aromatic N) is 1. The van der Waals surface area contributed by atoms with Crippen molar-refractivity contribution in [1.29, 1.82) is 0 Å². The maximum absolute atomic E-state index is 12.8. The number of amides is 3. The second kappa shape index (κ2) is 7.33. The van der Waals surface area contributed by atoms with Crippen molar-refractivity contribution in [1.82, 2.24) is 10.2 Å². The first kappa shape index (κ1) is 18.2. The number of rotatable bonds is 6. The molecule has 8 heteroatoms. The van der Waals surface area contributed by atoms with Gasteiger partial charge in [0.25, 0.3) is 5.91 Å². The van der Waals surface area contributed by atoms with Gasteiger partial charge >= 0.3 is 12.0 Å². The number of carboxylic acids is 1. The SMILES string of the molecule is COCC1(C(=O)O)CCN(C(=O)c2cccc(NC(=O)NC3CC3)c2)C1. The maximum atomic E-state index is 12.8. The van der Waals surface area contributed by atoms with Crippen LogP contribution in [0.1, 0.15) is 29.6 Å². The van der Waals surface area contributed by atoms with Crippen LogP contribution in [0.25, 0.3) is 0 Å². The van der Waals surface area contributed by atoms with Gasteiger partial charge in [-0.05, 0) is 37.5 Å². The summed E-state index contributed by atoms with van der Waals surface area (Å²) in [5.41, 5.74) is -0.132. The molecule has 1 aromatic rings. The predicted octanol–water partition coefficient (Wildman–Crippen LogP) is 1.53. The molecule has 0 bridgehead atoms. The van der Waals surface area contributed by atoms with Crippen molar-refractivity contribution in [2.75, 3.05) is 32.1 Å². The average molecular weight is 361 g/mol. The Labute approximate surface area is 151 Å². The normalized spacial score (nSPS) is 22.1. The highest BCUT2D eigenvalue weighted by Crippen LogP contribution is 2.32. The van der Waals surface area contributed by atoms with Gasteiger partial charge in [0.2, 0.25) is 0 Å². The first-order valence-corrected chi connectivity index (χ1v) is 8.63. The molecule has 1 aliphatic heterocycles. The molecule has 3 amide bonds. The summed E-state index contributed by atoms with van der Waals surface area (Å²) in [6.45, 7) is 0.526. The van der Waals surface area contributed by atoms with Gasteiger partial charge in [-0.2, -0.15) is 0 Å². The molecule has 0 spiro atoms. The Bertz CT molecular complexity index is 719. The van der Waals surface area contributed by atoms with E-state index < -0.39 is 11.4 Å². The van der Waals surface area contributed by atoms with Crippen LogP contribution < -0.4 is 10.6 Å². The van der Waals surface area contributed by atoms with Crippen LogP contribution in [0.5, 0.6) is 0 Å². The summed E-state index contributed by atoms with van der Waals surface area (Å²) in [5, 5.41) is 15.1. The number of methoxy groups -OCH3 is 1. The van der Waals surface area contributed by atoms with Crippen molar-refractivity contribution in [2.24, 2.45) is 5.41 Å². The number of aliphatic carboxylic acids is 1. The molecule has 3 N–H and O–H groups in total. The van der Waals surface area contributed by atoms with Crippen LogP contribution >= 0.6 is 0 Å². The minimum Gasteiger partial charge on any atom is -0.481 e. The zero-order valence-electron chi connectivity index (χ0n) is 14.7. The van der Waals surface area contributed by atoms with Crippen LogP contribution in [0.15, 0.2) is 24.3 Å². The van der Waals surface area contributed by atoms with E-state index in [2.05, 4.69) is 10.6 Å². The fraction of sp³-hybridized carbons (Fsp3) is 0.500. The Kier molecular flexibility index (Phi) is 5.13. The van der Waals surface area contributed by atoms with E-state index in [-0.39, 0.29) is 31.1 Å². The van der Waals surface area contributed by atoms with Crippen LogP contribution in [-0.2, 0) is 9.53 Å². The molecule has 1 heterocycles. The number of nitrogens with one attached hydrogen (secondary N) is 2. The van der Waals surface area contributed by atoms with E-state index in [1.807, 2.05) is 0 Å². The van der Waals surface area contributed by atoms with E-state index in [4.69, 9.17) is 4.74 Å². The van der Waals surface area contributed by atoms with Gasteiger partial charge in [-0.25, -0.2) is 4.79 Å². The molecule has 1 atom stereocenters. The molecule has 3 rings (SSSR count). The Morgan fingerprint density at radius 2 is 2.12 bits per heavy atom. The Morgan fingerprint density at radius 3 is 2.77 bits per heavy atom. The van der Waals surface area contributed by atoms with Gasteiger partial charge in [0.1, 0.15) is 5.41 Å². The number of hydrogen-bond acceptors (Lipinski definition) is 4. The second-order valence-electron chi connectivity index (χ2n) is 6.95. The summed E-state index contributed by atoms with van der Waals surface area (Å²) in [6.07, 6.45) is 2.34. The lowest BCUT2D eigenvalue weighted by molar-refractivity contribution is -0.151. The van der Waals surface area contributed by atoms with Crippen molar-refractivity contribution < 1.29 is 24.2 Å². The molecule has 1 saturated carbocycles. The van der Waals surface area contributed by atoms with Gasteiger partial charge in [0, 0.05) is 37.5 Å². The summed E-state index contributed by atoms with van der Waals surface area (Å²) in [6, 6.07) is 6.61. The monoisotopic (exact) mass is 361 g/mol. The Hall–Kier alpha value is -2.61. The Morgan fingerprint density at radius 1 is 1.35 bits per heavy atom. The smallest absolute Gasteiger partial charge is 0.319 e. The maximum Gasteiger partial charge on any atom is 0.319 e. The zero-order chi connectivity index (χ0) is 18.7. The number of likely N-dealkylation sites (tertiary alicyclic amines) is 1. The number of ether oxygens (including phenoxy) is 1. The van der Waals surface area contributed by atoms with Gasteiger partial charge in [0.15, 0.2) is 0 Å². The lowest BCUT2D eigenvalue weighted by Crippen LogP contribution is -2.40. The lowest BCUT2D eigenvalue weighted by atomic mass is 9.88. The number of benzene rings is 1. The van der Waals surface area contributed by atoms with Crippen molar-refractivity contribution in [3.8, 4) is 0 Å². The molecule has 0 aromatic heterocycles. The first-order chi connectivity index (χ1) is 12.4. The summed E-state index contributed by atoms with van der Waals surface area (Å²) in [5.74, 6) is -1.21. The van der Waals surface area contributed by atoms with E-state index in [1.54, 1.807) is 24.3 Å². The third-order valence-electron chi connectivity index (χ3n) is 4.80. The Balaban J connectivity index is 1.67. The standard InChI is InChI=1S/C18H23N3O5/c1-26-11-18(16(23)24)7-8-21(10-18)15(22)12-3-2-4-14(9-12)20-17(25)19-13-5-6-13/h2-4,9,13H,5-8,10-11H2,1H3,(H,23,24)(H2,19,20,25). The second-order valence-corrected chi connectivity index (χ2v) is 6.95. The van der Waals surface area contributed by atoms with Crippen LogP contribution in [-0.4, -0.2) is 60.8 Å². The number of carbonyl (C=O) groups excluding carboxylic acids is 2. The number of hydrogen-bond donors (Lipinski definition) is 3. The molecule has 26 heavy (non-hydrogen) atoms. The van der Waals surface area contributed by atoms with E-state index >= 15 is 0 Å². The number of carbonyl (C=O) groups is 3. The molecule has 2 aliphatic rings. The molecule has 0 radical (unpaired) electrons. The molecular formula is C18H23N3O5. The highest BCUT2D eigenvalue weighted by atomic mass is 16.5. The van der Waals surface area contributed by atoms with Crippen LogP contribution in [0.4, 0.5) is 10.5 Å². The molecule has 2 fully saturated rings. The third-order valence-corrected chi connectivity index (χ3v) is 4.80. The van der Waals surface area contributed by atoms with Gasteiger partial charge in [-0.1, -0.05) is 6.07 Å². The van der Waals surface area contributed by atoms with Crippen LogP contribution in [0, 0.1) is 5.41 Å². The van der Waals surface area contributed by atoms with Crippen molar-refractivity contribution in [2.45, 2.75) is 25.3 Å². The third kappa shape index (κ3) is 3.96. The van der Waals surface area contributed by atoms with Crippen LogP contribution in [0.3, 0.4) is 0 Å². The van der Waals surface area contributed by atoms with Crippen molar-refractivity contribution >= 4 is 23.6 Å². The van der Waals surface area contributed by atoms with Gasteiger partial charge in [-0.15, -0.1) is 0 Å². The highest BCUT2D eigenvalue weighted by molar-refractivity contribution is 5.97.